The SMILES string of the molecule is CN=C(NCCC(=O)Nc1ccc(Br)cc1C)NCc1cccs1. The highest BCUT2D eigenvalue weighted by Crippen LogP contribution is 2.20. The number of thiophene rings is 1. The van der Waals surface area contributed by atoms with Crippen molar-refractivity contribution < 1.29 is 4.79 Å². The van der Waals surface area contributed by atoms with Crippen molar-refractivity contribution in [3.8, 4) is 0 Å². The first-order valence-corrected chi connectivity index (χ1v) is 9.28. The lowest BCUT2D eigenvalue weighted by molar-refractivity contribution is -0.116. The minimum atomic E-state index is -0.0263. The zero-order chi connectivity index (χ0) is 17.4. The Balaban J connectivity index is 1.72. The van der Waals surface area contributed by atoms with E-state index in [4.69, 9.17) is 0 Å². The number of guanidine groups is 1. The fourth-order valence-electron chi connectivity index (χ4n) is 2.08. The van der Waals surface area contributed by atoms with Crippen LogP contribution in [0.3, 0.4) is 0 Å². The lowest BCUT2D eigenvalue weighted by atomic mass is 10.2. The average molecular weight is 409 g/mol. The number of amides is 1. The van der Waals surface area contributed by atoms with Crippen LogP contribution in [0.15, 0.2) is 45.2 Å². The number of aliphatic imine (C=N–C) groups is 1. The highest BCUT2D eigenvalue weighted by molar-refractivity contribution is 9.10. The van der Waals surface area contributed by atoms with Crippen molar-refractivity contribution in [1.82, 2.24) is 10.6 Å². The number of carbonyl (C=O) groups excluding carboxylic acids is 1. The zero-order valence-electron chi connectivity index (χ0n) is 13.7. The van der Waals surface area contributed by atoms with E-state index in [1.807, 2.05) is 36.6 Å². The number of hydrogen-bond donors (Lipinski definition) is 3. The molecule has 0 saturated heterocycles. The maximum Gasteiger partial charge on any atom is 0.226 e. The molecule has 24 heavy (non-hydrogen) atoms. The van der Waals surface area contributed by atoms with Gasteiger partial charge in [0, 0.05) is 35.1 Å². The smallest absolute Gasteiger partial charge is 0.226 e. The topological polar surface area (TPSA) is 65.5 Å². The predicted molar refractivity (Wildman–Crippen MR) is 105 cm³/mol. The molecule has 1 heterocycles. The normalized spacial score (nSPS) is 11.2. The molecule has 5 nitrogen and oxygen atoms in total. The van der Waals surface area contributed by atoms with Gasteiger partial charge in [-0.1, -0.05) is 22.0 Å². The molecule has 0 aliphatic heterocycles. The fraction of sp³-hybridized carbons (Fsp3) is 0.294. The van der Waals surface area contributed by atoms with Crippen molar-refractivity contribution in [2.75, 3.05) is 18.9 Å². The Morgan fingerprint density at radius 3 is 2.79 bits per heavy atom. The lowest BCUT2D eigenvalue weighted by Crippen LogP contribution is -2.38. The second-order valence-corrected chi connectivity index (χ2v) is 7.14. The molecule has 0 radical (unpaired) electrons. The van der Waals surface area contributed by atoms with Crippen LogP contribution in [0.1, 0.15) is 16.9 Å². The molecule has 1 aromatic carbocycles. The van der Waals surface area contributed by atoms with E-state index in [1.165, 1.54) is 4.88 Å². The van der Waals surface area contributed by atoms with Gasteiger partial charge in [-0.15, -0.1) is 11.3 Å². The molecule has 1 aromatic heterocycles. The molecule has 0 atom stereocenters. The number of hydrogen-bond acceptors (Lipinski definition) is 3. The van der Waals surface area contributed by atoms with Gasteiger partial charge in [-0.25, -0.2) is 0 Å². The van der Waals surface area contributed by atoms with Crippen LogP contribution in [0.4, 0.5) is 5.69 Å². The van der Waals surface area contributed by atoms with Gasteiger partial charge >= 0.3 is 0 Å². The first-order valence-electron chi connectivity index (χ1n) is 7.61. The zero-order valence-corrected chi connectivity index (χ0v) is 16.1. The van der Waals surface area contributed by atoms with Gasteiger partial charge in [0.25, 0.3) is 0 Å². The number of nitrogens with zero attached hydrogens (tertiary/aromatic N) is 1. The van der Waals surface area contributed by atoms with Gasteiger partial charge in [0.2, 0.25) is 5.91 Å². The van der Waals surface area contributed by atoms with Crippen molar-refractivity contribution in [2.45, 2.75) is 19.9 Å². The second kappa shape index (κ2) is 9.44. The van der Waals surface area contributed by atoms with Gasteiger partial charge in [-0.05, 0) is 42.1 Å². The summed E-state index contributed by atoms with van der Waals surface area (Å²) in [6.45, 7) is 3.21. The maximum absolute atomic E-state index is 12.0. The van der Waals surface area contributed by atoms with E-state index in [1.54, 1.807) is 18.4 Å². The third-order valence-electron chi connectivity index (χ3n) is 3.34. The highest BCUT2D eigenvalue weighted by Gasteiger charge is 2.06. The van der Waals surface area contributed by atoms with Crippen LogP contribution in [0.2, 0.25) is 0 Å². The van der Waals surface area contributed by atoms with Gasteiger partial charge in [0.05, 0.1) is 6.54 Å². The van der Waals surface area contributed by atoms with E-state index in [9.17, 15) is 4.79 Å². The maximum atomic E-state index is 12.0. The molecule has 2 aromatic rings. The number of nitrogens with one attached hydrogen (secondary N) is 3. The number of rotatable bonds is 6. The molecular formula is C17H21BrN4OS. The molecular weight excluding hydrogens is 388 g/mol. The summed E-state index contributed by atoms with van der Waals surface area (Å²) in [7, 11) is 1.72. The summed E-state index contributed by atoms with van der Waals surface area (Å²) < 4.78 is 1.00. The molecule has 0 aliphatic rings. The molecule has 0 fully saturated rings. The van der Waals surface area contributed by atoms with Gasteiger partial charge in [0.15, 0.2) is 5.96 Å². The van der Waals surface area contributed by atoms with E-state index in [0.717, 1.165) is 22.3 Å². The summed E-state index contributed by atoms with van der Waals surface area (Å²) >= 11 is 5.11. The Morgan fingerprint density at radius 2 is 2.12 bits per heavy atom. The Morgan fingerprint density at radius 1 is 1.29 bits per heavy atom. The van der Waals surface area contributed by atoms with Gasteiger partial charge in [-0.2, -0.15) is 0 Å². The van der Waals surface area contributed by atoms with Crippen molar-refractivity contribution in [1.29, 1.82) is 0 Å². The quantitative estimate of drug-likeness (QED) is 0.505. The molecule has 0 bridgehead atoms. The molecule has 0 aliphatic carbocycles. The summed E-state index contributed by atoms with van der Waals surface area (Å²) in [4.78, 5) is 17.4. The third-order valence-corrected chi connectivity index (χ3v) is 4.71. The summed E-state index contributed by atoms with van der Waals surface area (Å²) in [5, 5.41) is 11.3. The van der Waals surface area contributed by atoms with E-state index < -0.39 is 0 Å². The van der Waals surface area contributed by atoms with E-state index in [0.29, 0.717) is 18.9 Å². The standard InChI is InChI=1S/C17H21BrN4OS/c1-12-10-13(18)5-6-15(12)22-16(23)7-8-20-17(19-2)21-11-14-4-3-9-24-14/h3-6,9-10H,7-8,11H2,1-2H3,(H,22,23)(H2,19,20,21). The molecule has 0 spiro atoms. The molecule has 1 amide bonds. The number of halogens is 1. The Bertz CT molecular complexity index is 701. The van der Waals surface area contributed by atoms with E-state index >= 15 is 0 Å². The van der Waals surface area contributed by atoms with E-state index in [2.05, 4.69) is 42.9 Å². The number of anilines is 1. The third kappa shape index (κ3) is 5.98. The minimum Gasteiger partial charge on any atom is -0.356 e. The first-order chi connectivity index (χ1) is 11.6. The van der Waals surface area contributed by atoms with Crippen LogP contribution in [0.25, 0.3) is 0 Å². The number of carbonyl (C=O) groups is 1. The number of aryl methyl sites for hydroxylation is 1. The lowest BCUT2D eigenvalue weighted by Gasteiger charge is -2.12. The molecule has 3 N–H and O–H groups in total. The Labute approximate surface area is 154 Å². The summed E-state index contributed by atoms with van der Waals surface area (Å²) in [6.07, 6.45) is 0.370. The summed E-state index contributed by atoms with van der Waals surface area (Å²) in [5.74, 6) is 0.664. The van der Waals surface area contributed by atoms with Crippen LogP contribution in [-0.4, -0.2) is 25.5 Å². The second-order valence-electron chi connectivity index (χ2n) is 5.19. The number of benzene rings is 1. The fourth-order valence-corrected chi connectivity index (χ4v) is 3.20. The summed E-state index contributed by atoms with van der Waals surface area (Å²) in [6, 6.07) is 9.87. The van der Waals surface area contributed by atoms with Crippen molar-refractivity contribution in [3.05, 3.63) is 50.6 Å². The van der Waals surface area contributed by atoms with Crippen LogP contribution in [0, 0.1) is 6.92 Å². The minimum absolute atomic E-state index is 0.0263. The molecule has 7 heteroatoms. The van der Waals surface area contributed by atoms with Gasteiger partial charge in [-0.3, -0.25) is 9.79 Å². The molecule has 0 saturated carbocycles. The van der Waals surface area contributed by atoms with Crippen molar-refractivity contribution in [3.63, 3.8) is 0 Å². The van der Waals surface area contributed by atoms with Crippen LogP contribution in [-0.2, 0) is 11.3 Å². The summed E-state index contributed by atoms with van der Waals surface area (Å²) in [5.41, 5.74) is 1.86. The Kier molecular flexibility index (Phi) is 7.27. The average Bonchev–Trinajstić information content (AvgIpc) is 3.07. The first kappa shape index (κ1) is 18.5. The van der Waals surface area contributed by atoms with E-state index in [-0.39, 0.29) is 5.91 Å². The van der Waals surface area contributed by atoms with Crippen LogP contribution in [0.5, 0.6) is 0 Å². The molecule has 2 rings (SSSR count). The van der Waals surface area contributed by atoms with Crippen molar-refractivity contribution >= 4 is 44.8 Å². The van der Waals surface area contributed by atoms with Crippen LogP contribution < -0.4 is 16.0 Å². The highest BCUT2D eigenvalue weighted by atomic mass is 79.9. The van der Waals surface area contributed by atoms with Gasteiger partial charge in [0.1, 0.15) is 0 Å². The monoisotopic (exact) mass is 408 g/mol. The molecule has 0 unspecified atom stereocenters. The predicted octanol–water partition coefficient (Wildman–Crippen LogP) is 3.51. The van der Waals surface area contributed by atoms with Crippen LogP contribution >= 0.6 is 27.3 Å². The molecule has 128 valence electrons. The largest absolute Gasteiger partial charge is 0.356 e. The van der Waals surface area contributed by atoms with Gasteiger partial charge < -0.3 is 16.0 Å². The Hall–Kier alpha value is -1.86. The van der Waals surface area contributed by atoms with Crippen molar-refractivity contribution in [2.24, 2.45) is 4.99 Å².